The van der Waals surface area contributed by atoms with Gasteiger partial charge in [-0.05, 0) is 18.1 Å². The van der Waals surface area contributed by atoms with E-state index in [4.69, 9.17) is 0 Å². The molecule has 70 valence electrons. The predicted octanol–water partition coefficient (Wildman–Crippen LogP) is 1.06. The summed E-state index contributed by atoms with van der Waals surface area (Å²) in [5, 5.41) is 6.76. The van der Waals surface area contributed by atoms with Crippen LogP contribution in [0.5, 0.6) is 0 Å². The topological polar surface area (TPSA) is 24.1 Å². The third-order valence-corrected chi connectivity index (χ3v) is 2.62. The maximum absolute atomic E-state index is 3.51. The first-order chi connectivity index (χ1) is 6.36. The van der Waals surface area contributed by atoms with Gasteiger partial charge >= 0.3 is 0 Å². The highest BCUT2D eigenvalue weighted by Crippen LogP contribution is 2.06. The second-order valence-electron chi connectivity index (χ2n) is 3.66. The SMILES string of the molecule is Cc1ccccc1CNC1CNC1. The van der Waals surface area contributed by atoms with Crippen LogP contribution in [0.2, 0.25) is 0 Å². The molecule has 1 fully saturated rings. The van der Waals surface area contributed by atoms with E-state index in [2.05, 4.69) is 41.8 Å². The number of nitrogens with one attached hydrogen (secondary N) is 2. The molecule has 2 N–H and O–H groups in total. The van der Waals surface area contributed by atoms with Gasteiger partial charge in [0.05, 0.1) is 0 Å². The van der Waals surface area contributed by atoms with Crippen LogP contribution < -0.4 is 10.6 Å². The summed E-state index contributed by atoms with van der Waals surface area (Å²) in [6, 6.07) is 9.22. The summed E-state index contributed by atoms with van der Waals surface area (Å²) in [5.41, 5.74) is 2.79. The minimum Gasteiger partial charge on any atom is -0.314 e. The van der Waals surface area contributed by atoms with E-state index in [-0.39, 0.29) is 0 Å². The fourth-order valence-corrected chi connectivity index (χ4v) is 1.50. The van der Waals surface area contributed by atoms with E-state index in [0.717, 1.165) is 19.6 Å². The third-order valence-electron chi connectivity index (χ3n) is 2.62. The Kier molecular flexibility index (Phi) is 2.62. The van der Waals surface area contributed by atoms with Gasteiger partial charge in [-0.15, -0.1) is 0 Å². The molecule has 2 rings (SSSR count). The Morgan fingerprint density at radius 1 is 1.38 bits per heavy atom. The fraction of sp³-hybridized carbons (Fsp3) is 0.455. The second kappa shape index (κ2) is 3.90. The van der Waals surface area contributed by atoms with Crippen molar-refractivity contribution in [1.29, 1.82) is 0 Å². The summed E-state index contributed by atoms with van der Waals surface area (Å²) in [7, 11) is 0. The Labute approximate surface area is 79.4 Å². The van der Waals surface area contributed by atoms with Gasteiger partial charge in [-0.1, -0.05) is 24.3 Å². The Morgan fingerprint density at radius 3 is 2.77 bits per heavy atom. The average Bonchev–Trinajstić information content (AvgIpc) is 2.05. The van der Waals surface area contributed by atoms with E-state index in [1.165, 1.54) is 11.1 Å². The van der Waals surface area contributed by atoms with Crippen molar-refractivity contribution >= 4 is 0 Å². The van der Waals surface area contributed by atoms with Gasteiger partial charge in [0.2, 0.25) is 0 Å². The molecule has 1 heterocycles. The van der Waals surface area contributed by atoms with Crippen LogP contribution in [-0.4, -0.2) is 19.1 Å². The number of rotatable bonds is 3. The summed E-state index contributed by atoms with van der Waals surface area (Å²) in [5.74, 6) is 0. The van der Waals surface area contributed by atoms with E-state index in [1.54, 1.807) is 0 Å². The average molecular weight is 176 g/mol. The van der Waals surface area contributed by atoms with Crippen LogP contribution in [0.25, 0.3) is 0 Å². The maximum Gasteiger partial charge on any atom is 0.0320 e. The lowest BCUT2D eigenvalue weighted by Crippen LogP contribution is -2.55. The van der Waals surface area contributed by atoms with E-state index in [9.17, 15) is 0 Å². The van der Waals surface area contributed by atoms with Gasteiger partial charge < -0.3 is 10.6 Å². The lowest BCUT2D eigenvalue weighted by molar-refractivity contribution is 0.365. The Bertz CT molecular complexity index is 279. The van der Waals surface area contributed by atoms with Crippen LogP contribution in [0.1, 0.15) is 11.1 Å². The molecule has 1 saturated heterocycles. The molecule has 1 aromatic rings. The van der Waals surface area contributed by atoms with Gasteiger partial charge in [-0.25, -0.2) is 0 Å². The molecule has 0 bridgehead atoms. The molecular formula is C11H16N2. The lowest BCUT2D eigenvalue weighted by atomic mass is 10.1. The van der Waals surface area contributed by atoms with Crippen LogP contribution in [0, 0.1) is 6.92 Å². The zero-order valence-corrected chi connectivity index (χ0v) is 8.01. The highest BCUT2D eigenvalue weighted by atomic mass is 15.1. The molecule has 0 radical (unpaired) electrons. The first-order valence-corrected chi connectivity index (χ1v) is 4.85. The molecule has 0 aliphatic carbocycles. The lowest BCUT2D eigenvalue weighted by Gasteiger charge is -2.28. The van der Waals surface area contributed by atoms with Crippen molar-refractivity contribution in [3.63, 3.8) is 0 Å². The van der Waals surface area contributed by atoms with Gasteiger partial charge in [0.25, 0.3) is 0 Å². The molecule has 0 aromatic heterocycles. The molecule has 1 aromatic carbocycles. The molecular weight excluding hydrogens is 160 g/mol. The first kappa shape index (κ1) is 8.73. The highest BCUT2D eigenvalue weighted by molar-refractivity contribution is 5.25. The van der Waals surface area contributed by atoms with Gasteiger partial charge in [-0.3, -0.25) is 0 Å². The van der Waals surface area contributed by atoms with Gasteiger partial charge in [0, 0.05) is 25.7 Å². The molecule has 13 heavy (non-hydrogen) atoms. The zero-order valence-electron chi connectivity index (χ0n) is 8.01. The van der Waals surface area contributed by atoms with Crippen molar-refractivity contribution in [1.82, 2.24) is 10.6 Å². The first-order valence-electron chi connectivity index (χ1n) is 4.85. The minimum absolute atomic E-state index is 0.680. The predicted molar refractivity (Wildman–Crippen MR) is 54.7 cm³/mol. The molecule has 1 aliphatic heterocycles. The molecule has 1 aliphatic rings. The molecule has 0 spiro atoms. The van der Waals surface area contributed by atoms with Crippen molar-refractivity contribution in [3.05, 3.63) is 35.4 Å². The summed E-state index contributed by atoms with van der Waals surface area (Å²) < 4.78 is 0. The third kappa shape index (κ3) is 2.08. The number of aryl methyl sites for hydroxylation is 1. The second-order valence-corrected chi connectivity index (χ2v) is 3.66. The zero-order chi connectivity index (χ0) is 9.10. The Balaban J connectivity index is 1.89. The summed E-state index contributed by atoms with van der Waals surface area (Å²) in [4.78, 5) is 0. The van der Waals surface area contributed by atoms with E-state index in [0.29, 0.717) is 6.04 Å². The molecule has 0 saturated carbocycles. The quantitative estimate of drug-likeness (QED) is 0.719. The number of hydrogen-bond donors (Lipinski definition) is 2. The Morgan fingerprint density at radius 2 is 2.15 bits per heavy atom. The number of hydrogen-bond acceptors (Lipinski definition) is 2. The van der Waals surface area contributed by atoms with Crippen LogP contribution in [-0.2, 0) is 6.54 Å². The van der Waals surface area contributed by atoms with Crippen LogP contribution in [0.15, 0.2) is 24.3 Å². The standard InChI is InChI=1S/C11H16N2/c1-9-4-2-3-5-10(9)6-13-11-7-12-8-11/h2-5,11-13H,6-8H2,1H3. The smallest absolute Gasteiger partial charge is 0.0320 e. The van der Waals surface area contributed by atoms with Crippen molar-refractivity contribution in [2.45, 2.75) is 19.5 Å². The van der Waals surface area contributed by atoms with Crippen molar-refractivity contribution in [3.8, 4) is 0 Å². The molecule has 0 amide bonds. The van der Waals surface area contributed by atoms with Crippen molar-refractivity contribution in [2.24, 2.45) is 0 Å². The van der Waals surface area contributed by atoms with Crippen LogP contribution in [0.3, 0.4) is 0 Å². The van der Waals surface area contributed by atoms with E-state index in [1.807, 2.05) is 0 Å². The van der Waals surface area contributed by atoms with E-state index >= 15 is 0 Å². The largest absolute Gasteiger partial charge is 0.314 e. The summed E-state index contributed by atoms with van der Waals surface area (Å²) in [6.07, 6.45) is 0. The van der Waals surface area contributed by atoms with Gasteiger partial charge in [0.15, 0.2) is 0 Å². The molecule has 2 nitrogen and oxygen atoms in total. The molecule has 0 unspecified atom stereocenters. The molecule has 0 atom stereocenters. The molecule has 2 heteroatoms. The maximum atomic E-state index is 3.51. The van der Waals surface area contributed by atoms with Crippen molar-refractivity contribution < 1.29 is 0 Å². The van der Waals surface area contributed by atoms with E-state index < -0.39 is 0 Å². The monoisotopic (exact) mass is 176 g/mol. The number of benzene rings is 1. The Hall–Kier alpha value is -0.860. The van der Waals surface area contributed by atoms with Gasteiger partial charge in [-0.2, -0.15) is 0 Å². The summed E-state index contributed by atoms with van der Waals surface area (Å²) >= 11 is 0. The fourth-order valence-electron chi connectivity index (χ4n) is 1.50. The normalized spacial score (nSPS) is 17.0. The van der Waals surface area contributed by atoms with Gasteiger partial charge in [0.1, 0.15) is 0 Å². The van der Waals surface area contributed by atoms with Crippen LogP contribution in [0.4, 0.5) is 0 Å². The summed E-state index contributed by atoms with van der Waals surface area (Å²) in [6.45, 7) is 5.40. The minimum atomic E-state index is 0.680. The highest BCUT2D eigenvalue weighted by Gasteiger charge is 2.15. The van der Waals surface area contributed by atoms with Crippen molar-refractivity contribution in [2.75, 3.05) is 13.1 Å². The van der Waals surface area contributed by atoms with Crippen LogP contribution >= 0.6 is 0 Å².